The highest BCUT2D eigenvalue weighted by molar-refractivity contribution is 5.18. The second kappa shape index (κ2) is 7.90. The van der Waals surface area contributed by atoms with Crippen molar-refractivity contribution >= 4 is 0 Å². The van der Waals surface area contributed by atoms with Gasteiger partial charge in [-0.05, 0) is 50.9 Å². The number of likely N-dealkylation sites (N-methyl/N-ethyl adjacent to an activating group) is 1. The zero-order chi connectivity index (χ0) is 15.1. The summed E-state index contributed by atoms with van der Waals surface area (Å²) < 4.78 is 19.3. The van der Waals surface area contributed by atoms with Gasteiger partial charge in [0.1, 0.15) is 5.82 Å². The number of benzene rings is 1. The lowest BCUT2D eigenvalue weighted by Gasteiger charge is -2.40. The fraction of sp³-hybridized carbons (Fsp3) is 0.667. The molecule has 1 aromatic carbocycles. The van der Waals surface area contributed by atoms with Gasteiger partial charge in [0.2, 0.25) is 0 Å². The van der Waals surface area contributed by atoms with Crippen molar-refractivity contribution in [1.29, 1.82) is 0 Å². The average molecular weight is 293 g/mol. The van der Waals surface area contributed by atoms with Crippen molar-refractivity contribution in [2.24, 2.45) is 0 Å². The van der Waals surface area contributed by atoms with E-state index in [4.69, 9.17) is 4.74 Å². The van der Waals surface area contributed by atoms with Crippen molar-refractivity contribution in [1.82, 2.24) is 5.32 Å². The predicted octanol–water partition coefficient (Wildman–Crippen LogP) is 4.09. The molecule has 1 saturated carbocycles. The topological polar surface area (TPSA) is 21.3 Å². The van der Waals surface area contributed by atoms with E-state index >= 15 is 0 Å². The predicted molar refractivity (Wildman–Crippen MR) is 85.0 cm³/mol. The summed E-state index contributed by atoms with van der Waals surface area (Å²) in [4.78, 5) is 0. The van der Waals surface area contributed by atoms with Crippen molar-refractivity contribution in [3.63, 3.8) is 0 Å². The molecule has 0 amide bonds. The summed E-state index contributed by atoms with van der Waals surface area (Å²) in [6.07, 6.45) is 8.21. The Kier molecular flexibility index (Phi) is 6.19. The smallest absolute Gasteiger partial charge is 0.123 e. The van der Waals surface area contributed by atoms with Crippen LogP contribution in [-0.2, 0) is 11.2 Å². The van der Waals surface area contributed by atoms with Crippen LogP contribution in [0.15, 0.2) is 24.3 Å². The molecule has 0 spiro atoms. The SMILES string of the molecule is CCOC1(C(Cc2ccc(F)cc2)NC)CCCCCC1. The fourth-order valence-electron chi connectivity index (χ4n) is 3.62. The maximum atomic E-state index is 13.1. The van der Waals surface area contributed by atoms with Crippen LogP contribution in [0.2, 0.25) is 0 Å². The molecule has 2 rings (SSSR count). The van der Waals surface area contributed by atoms with Crippen LogP contribution >= 0.6 is 0 Å². The molecule has 1 atom stereocenters. The van der Waals surface area contributed by atoms with E-state index in [2.05, 4.69) is 12.2 Å². The van der Waals surface area contributed by atoms with E-state index in [-0.39, 0.29) is 17.5 Å². The Morgan fingerprint density at radius 1 is 1.14 bits per heavy atom. The number of rotatable bonds is 6. The highest BCUT2D eigenvalue weighted by Gasteiger charge is 2.38. The molecule has 0 bridgehead atoms. The lowest BCUT2D eigenvalue weighted by Crippen LogP contribution is -2.52. The molecule has 1 fully saturated rings. The number of nitrogens with one attached hydrogen (secondary N) is 1. The Morgan fingerprint density at radius 2 is 1.76 bits per heavy atom. The van der Waals surface area contributed by atoms with Crippen LogP contribution in [0.5, 0.6) is 0 Å². The fourth-order valence-corrected chi connectivity index (χ4v) is 3.62. The molecular weight excluding hydrogens is 265 g/mol. The first-order valence-electron chi connectivity index (χ1n) is 8.26. The Hall–Kier alpha value is -0.930. The van der Waals surface area contributed by atoms with Crippen molar-refractivity contribution in [3.8, 4) is 0 Å². The second-order valence-electron chi connectivity index (χ2n) is 6.08. The minimum atomic E-state index is -0.172. The van der Waals surface area contributed by atoms with Crippen molar-refractivity contribution in [3.05, 3.63) is 35.6 Å². The zero-order valence-corrected chi connectivity index (χ0v) is 13.3. The molecule has 3 heteroatoms. The Labute approximate surface area is 128 Å². The van der Waals surface area contributed by atoms with Gasteiger partial charge in [-0.3, -0.25) is 0 Å². The van der Waals surface area contributed by atoms with E-state index < -0.39 is 0 Å². The first-order chi connectivity index (χ1) is 10.2. The molecule has 1 N–H and O–H groups in total. The summed E-state index contributed by atoms with van der Waals surface area (Å²) in [5.74, 6) is -0.172. The molecule has 0 heterocycles. The van der Waals surface area contributed by atoms with Gasteiger partial charge in [0.15, 0.2) is 0 Å². The summed E-state index contributed by atoms with van der Waals surface area (Å²) in [5.41, 5.74) is 1.09. The third-order valence-corrected chi connectivity index (χ3v) is 4.72. The van der Waals surface area contributed by atoms with Crippen LogP contribution in [0, 0.1) is 5.82 Å². The molecular formula is C18H28FNO. The molecule has 21 heavy (non-hydrogen) atoms. The largest absolute Gasteiger partial charge is 0.374 e. The monoisotopic (exact) mass is 293 g/mol. The van der Waals surface area contributed by atoms with Gasteiger partial charge in [0.05, 0.1) is 5.60 Å². The van der Waals surface area contributed by atoms with Gasteiger partial charge in [-0.25, -0.2) is 4.39 Å². The quantitative estimate of drug-likeness (QED) is 0.798. The van der Waals surface area contributed by atoms with Crippen LogP contribution in [0.4, 0.5) is 4.39 Å². The number of halogens is 1. The van der Waals surface area contributed by atoms with Crippen molar-refractivity contribution in [2.45, 2.75) is 63.5 Å². The molecule has 118 valence electrons. The summed E-state index contributed by atoms with van der Waals surface area (Å²) in [6.45, 7) is 2.83. The molecule has 0 aromatic heterocycles. The number of hydrogen-bond acceptors (Lipinski definition) is 2. The summed E-state index contributed by atoms with van der Waals surface area (Å²) in [5, 5.41) is 3.47. The molecule has 1 aliphatic rings. The van der Waals surface area contributed by atoms with E-state index in [0.29, 0.717) is 0 Å². The van der Waals surface area contributed by atoms with Crippen LogP contribution in [0.1, 0.15) is 51.0 Å². The molecule has 0 aliphatic heterocycles. The lowest BCUT2D eigenvalue weighted by molar-refractivity contribution is -0.0752. The Bertz CT molecular complexity index is 410. The summed E-state index contributed by atoms with van der Waals surface area (Å²) >= 11 is 0. The normalized spacial score (nSPS) is 20.0. The third kappa shape index (κ3) is 4.27. The van der Waals surface area contributed by atoms with Crippen LogP contribution < -0.4 is 5.32 Å². The van der Waals surface area contributed by atoms with Gasteiger partial charge < -0.3 is 10.1 Å². The van der Waals surface area contributed by atoms with Gasteiger partial charge in [-0.15, -0.1) is 0 Å². The van der Waals surface area contributed by atoms with Crippen LogP contribution in [-0.4, -0.2) is 25.3 Å². The first-order valence-corrected chi connectivity index (χ1v) is 8.26. The van der Waals surface area contributed by atoms with E-state index in [9.17, 15) is 4.39 Å². The van der Waals surface area contributed by atoms with E-state index in [1.54, 1.807) is 12.1 Å². The maximum absolute atomic E-state index is 13.1. The molecule has 0 radical (unpaired) electrons. The number of ether oxygens (including phenoxy) is 1. The molecule has 1 aromatic rings. The standard InChI is InChI=1S/C18H28FNO/c1-3-21-18(12-6-4-5-7-13-18)17(20-2)14-15-8-10-16(19)11-9-15/h8-11,17,20H,3-7,12-14H2,1-2H3. The van der Waals surface area contributed by atoms with Crippen LogP contribution in [0.3, 0.4) is 0 Å². The van der Waals surface area contributed by atoms with E-state index in [1.807, 2.05) is 19.2 Å². The minimum absolute atomic E-state index is 0.0750. The van der Waals surface area contributed by atoms with E-state index in [1.165, 1.54) is 31.2 Å². The highest BCUT2D eigenvalue weighted by atomic mass is 19.1. The van der Waals surface area contributed by atoms with Gasteiger partial charge in [0, 0.05) is 12.6 Å². The van der Waals surface area contributed by atoms with Crippen molar-refractivity contribution in [2.75, 3.05) is 13.7 Å². The maximum Gasteiger partial charge on any atom is 0.123 e. The molecule has 1 aliphatic carbocycles. The number of hydrogen-bond donors (Lipinski definition) is 1. The Balaban J connectivity index is 2.16. The second-order valence-corrected chi connectivity index (χ2v) is 6.08. The minimum Gasteiger partial charge on any atom is -0.374 e. The van der Waals surface area contributed by atoms with Gasteiger partial charge in [-0.1, -0.05) is 37.8 Å². The van der Waals surface area contributed by atoms with Gasteiger partial charge >= 0.3 is 0 Å². The average Bonchev–Trinajstić information content (AvgIpc) is 2.73. The zero-order valence-electron chi connectivity index (χ0n) is 13.3. The highest BCUT2D eigenvalue weighted by Crippen LogP contribution is 2.34. The molecule has 2 nitrogen and oxygen atoms in total. The van der Waals surface area contributed by atoms with Crippen molar-refractivity contribution < 1.29 is 9.13 Å². The lowest BCUT2D eigenvalue weighted by atomic mass is 9.82. The van der Waals surface area contributed by atoms with Crippen LogP contribution in [0.25, 0.3) is 0 Å². The van der Waals surface area contributed by atoms with Gasteiger partial charge in [-0.2, -0.15) is 0 Å². The first kappa shape index (κ1) is 16.4. The third-order valence-electron chi connectivity index (χ3n) is 4.72. The molecule has 0 saturated heterocycles. The molecule has 1 unspecified atom stereocenters. The Morgan fingerprint density at radius 3 is 2.29 bits per heavy atom. The van der Waals surface area contributed by atoms with E-state index in [0.717, 1.165) is 25.9 Å². The summed E-state index contributed by atoms with van der Waals surface area (Å²) in [7, 11) is 2.01. The summed E-state index contributed by atoms with van der Waals surface area (Å²) in [6, 6.07) is 7.14. The van der Waals surface area contributed by atoms with Gasteiger partial charge in [0.25, 0.3) is 0 Å².